The normalized spacial score (nSPS) is 16.5. The number of nitrogens with one attached hydrogen (secondary N) is 2. The second-order valence-corrected chi connectivity index (χ2v) is 10.0. The molecule has 2 aromatic carbocycles. The quantitative estimate of drug-likeness (QED) is 0.483. The fraction of sp³-hybridized carbons (Fsp3) is 0.400. The average Bonchev–Trinajstić information content (AvgIpc) is 3.28. The van der Waals surface area contributed by atoms with Crippen molar-refractivity contribution < 1.29 is 18.7 Å². The van der Waals surface area contributed by atoms with Gasteiger partial charge in [0.25, 0.3) is 0 Å². The van der Waals surface area contributed by atoms with Gasteiger partial charge in [-0.25, -0.2) is 4.39 Å². The zero-order chi connectivity index (χ0) is 25.8. The first-order valence-corrected chi connectivity index (χ1v) is 13.2. The monoisotopic (exact) mass is 503 g/mol. The average molecular weight is 504 g/mol. The maximum Gasteiger partial charge on any atom is 0.230 e. The summed E-state index contributed by atoms with van der Waals surface area (Å²) in [5, 5.41) is 5.83. The van der Waals surface area contributed by atoms with Crippen LogP contribution in [0, 0.1) is 11.7 Å². The Kier molecular flexibility index (Phi) is 7.70. The highest BCUT2D eigenvalue weighted by atomic mass is 19.1. The number of rotatable bonds is 8. The smallest absolute Gasteiger partial charge is 0.230 e. The predicted molar refractivity (Wildman–Crippen MR) is 141 cm³/mol. The fourth-order valence-electron chi connectivity index (χ4n) is 5.59. The van der Waals surface area contributed by atoms with Crippen molar-refractivity contribution in [2.75, 3.05) is 20.2 Å². The lowest BCUT2D eigenvalue weighted by molar-refractivity contribution is -0.133. The van der Waals surface area contributed by atoms with Gasteiger partial charge in [0.1, 0.15) is 11.6 Å². The van der Waals surface area contributed by atoms with Crippen molar-refractivity contribution in [1.82, 2.24) is 15.2 Å². The molecule has 1 atom stereocenters. The topological polar surface area (TPSA) is 72.4 Å². The Labute approximate surface area is 217 Å². The number of hydrogen-bond acceptors (Lipinski definition) is 4. The van der Waals surface area contributed by atoms with E-state index in [4.69, 9.17) is 4.74 Å². The van der Waals surface area contributed by atoms with E-state index in [0.29, 0.717) is 25.9 Å². The molecule has 0 spiro atoms. The van der Waals surface area contributed by atoms with Gasteiger partial charge in [0.15, 0.2) is 0 Å². The molecular formula is C30H34FN3O3. The molecule has 1 saturated heterocycles. The molecule has 1 aromatic heterocycles. The third kappa shape index (κ3) is 5.77. The highest BCUT2D eigenvalue weighted by Crippen LogP contribution is 2.38. The second-order valence-electron chi connectivity index (χ2n) is 10.0. The van der Waals surface area contributed by atoms with Crippen molar-refractivity contribution in [2.24, 2.45) is 5.92 Å². The molecule has 3 aromatic rings. The lowest BCUT2D eigenvalue weighted by Crippen LogP contribution is -2.42. The van der Waals surface area contributed by atoms with E-state index < -0.39 is 0 Å². The van der Waals surface area contributed by atoms with Gasteiger partial charge in [-0.1, -0.05) is 12.1 Å². The van der Waals surface area contributed by atoms with Crippen molar-refractivity contribution in [1.29, 1.82) is 0 Å². The van der Waals surface area contributed by atoms with Crippen molar-refractivity contribution in [3.63, 3.8) is 0 Å². The number of hydrogen-bond donors (Lipinski definition) is 2. The molecule has 0 radical (unpaired) electrons. The Bertz CT molecular complexity index is 1290. The van der Waals surface area contributed by atoms with Crippen LogP contribution in [0.1, 0.15) is 41.6 Å². The summed E-state index contributed by atoms with van der Waals surface area (Å²) in [6, 6.07) is 15.1. The number of halogens is 1. The van der Waals surface area contributed by atoms with Gasteiger partial charge in [0.2, 0.25) is 11.8 Å². The third-order valence-corrected chi connectivity index (χ3v) is 7.54. The number of imide groups is 1. The van der Waals surface area contributed by atoms with E-state index in [-0.39, 0.29) is 30.0 Å². The second kappa shape index (κ2) is 11.3. The molecular weight excluding hydrogens is 469 g/mol. The van der Waals surface area contributed by atoms with Gasteiger partial charge in [-0.15, -0.1) is 0 Å². The number of benzene rings is 2. The van der Waals surface area contributed by atoms with E-state index in [0.717, 1.165) is 49.2 Å². The number of carbonyl (C=O) groups is 2. The summed E-state index contributed by atoms with van der Waals surface area (Å²) in [7, 11) is 1.68. The maximum absolute atomic E-state index is 13.8. The Morgan fingerprint density at radius 2 is 1.97 bits per heavy atom. The minimum absolute atomic E-state index is 0.145. The fourth-order valence-corrected chi connectivity index (χ4v) is 5.59. The van der Waals surface area contributed by atoms with E-state index >= 15 is 0 Å². The number of fused-ring (bicyclic) bond motifs is 3. The van der Waals surface area contributed by atoms with Crippen molar-refractivity contribution in [3.8, 4) is 17.0 Å². The molecule has 2 aliphatic rings. The molecule has 2 amide bonds. The van der Waals surface area contributed by atoms with Gasteiger partial charge in [0, 0.05) is 30.8 Å². The summed E-state index contributed by atoms with van der Waals surface area (Å²) in [5.74, 6) is 0.0417. The maximum atomic E-state index is 13.8. The van der Waals surface area contributed by atoms with Crippen LogP contribution in [-0.4, -0.2) is 36.6 Å². The molecule has 6 nitrogen and oxygen atoms in total. The molecule has 1 aliphatic carbocycles. The van der Waals surface area contributed by atoms with E-state index in [9.17, 15) is 14.0 Å². The number of aromatic nitrogens is 1. The summed E-state index contributed by atoms with van der Waals surface area (Å²) in [6.45, 7) is 2.22. The van der Waals surface area contributed by atoms with Crippen LogP contribution in [0.4, 0.5) is 4.39 Å². The van der Waals surface area contributed by atoms with Gasteiger partial charge >= 0.3 is 0 Å². The first kappa shape index (κ1) is 25.2. The summed E-state index contributed by atoms with van der Waals surface area (Å²) < 4.78 is 21.5. The predicted octanol–water partition coefficient (Wildman–Crippen LogP) is 4.22. The van der Waals surface area contributed by atoms with Crippen molar-refractivity contribution >= 4 is 11.8 Å². The number of piperidine rings is 1. The van der Waals surface area contributed by atoms with E-state index in [1.165, 1.54) is 28.5 Å². The number of amides is 2. The van der Waals surface area contributed by atoms with Gasteiger partial charge in [-0.05, 0) is 98.2 Å². The lowest BCUT2D eigenvalue weighted by Gasteiger charge is -2.22. The Morgan fingerprint density at radius 1 is 1.11 bits per heavy atom. The van der Waals surface area contributed by atoms with Crippen LogP contribution in [0.3, 0.4) is 0 Å². The number of methoxy groups -OCH3 is 1. The Morgan fingerprint density at radius 3 is 2.76 bits per heavy atom. The van der Waals surface area contributed by atoms with Crippen LogP contribution in [0.2, 0.25) is 0 Å². The molecule has 37 heavy (non-hydrogen) atoms. The number of aryl methyl sites for hydroxylation is 4. The zero-order valence-corrected chi connectivity index (χ0v) is 21.3. The number of ether oxygens (including phenoxy) is 1. The lowest BCUT2D eigenvalue weighted by atomic mass is 9.90. The van der Waals surface area contributed by atoms with E-state index in [2.05, 4.69) is 33.4 Å². The van der Waals surface area contributed by atoms with Crippen LogP contribution < -0.4 is 15.4 Å². The van der Waals surface area contributed by atoms with Crippen LogP contribution in [0.25, 0.3) is 11.3 Å². The molecule has 2 heterocycles. The van der Waals surface area contributed by atoms with E-state index in [1.807, 2.05) is 12.1 Å². The molecule has 5 rings (SSSR count). The third-order valence-electron chi connectivity index (χ3n) is 7.54. The minimum Gasteiger partial charge on any atom is -0.497 e. The Hall–Kier alpha value is -3.45. The standard InChI is InChI=1S/C30H34FN3O3/c1-37-26-10-11-27-21(18-26)7-8-22-17-25(9-12-28(35)33-30(36)23-5-3-14-32-19-23)34(29(22)27)15-13-20-4-2-6-24(31)16-20/h2,4,6,10-11,16-18,23,32H,3,5,7-9,12-15,19H2,1H3,(H,33,35,36). The van der Waals surface area contributed by atoms with Gasteiger partial charge in [0.05, 0.1) is 18.7 Å². The molecule has 2 N–H and O–H groups in total. The summed E-state index contributed by atoms with van der Waals surface area (Å²) >= 11 is 0. The van der Waals surface area contributed by atoms with E-state index in [1.54, 1.807) is 19.2 Å². The minimum atomic E-state index is -0.239. The molecule has 7 heteroatoms. The van der Waals surface area contributed by atoms with Crippen molar-refractivity contribution in [3.05, 3.63) is 76.7 Å². The molecule has 1 aliphatic heterocycles. The van der Waals surface area contributed by atoms with Gasteiger partial charge in [-0.2, -0.15) is 0 Å². The molecule has 0 saturated carbocycles. The SMILES string of the molecule is COc1ccc2c(c1)CCc1cc(CCC(=O)NC(=O)C3CCCNC3)n(CCc3cccc(F)c3)c1-2. The summed E-state index contributed by atoms with van der Waals surface area (Å²) in [6.07, 6.45) is 5.05. The highest BCUT2D eigenvalue weighted by molar-refractivity contribution is 5.96. The Balaban J connectivity index is 1.37. The van der Waals surface area contributed by atoms with Crippen LogP contribution in [0.5, 0.6) is 5.75 Å². The van der Waals surface area contributed by atoms with Gasteiger partial charge < -0.3 is 14.6 Å². The van der Waals surface area contributed by atoms with Crippen LogP contribution in [0.15, 0.2) is 48.5 Å². The number of carbonyl (C=O) groups excluding carboxylic acids is 2. The summed E-state index contributed by atoms with van der Waals surface area (Å²) in [5.41, 5.74) is 6.84. The largest absolute Gasteiger partial charge is 0.497 e. The molecule has 1 unspecified atom stereocenters. The van der Waals surface area contributed by atoms with Crippen LogP contribution in [-0.2, 0) is 41.8 Å². The number of nitrogens with zero attached hydrogens (tertiary/aromatic N) is 1. The first-order chi connectivity index (χ1) is 18.0. The highest BCUT2D eigenvalue weighted by Gasteiger charge is 2.25. The molecule has 0 bridgehead atoms. The first-order valence-electron chi connectivity index (χ1n) is 13.2. The molecule has 194 valence electrons. The van der Waals surface area contributed by atoms with Crippen molar-refractivity contribution in [2.45, 2.75) is 51.5 Å². The summed E-state index contributed by atoms with van der Waals surface area (Å²) in [4.78, 5) is 25.2. The molecule has 1 fully saturated rings. The van der Waals surface area contributed by atoms with Crippen LogP contribution >= 0.6 is 0 Å². The van der Waals surface area contributed by atoms with Gasteiger partial charge in [-0.3, -0.25) is 14.9 Å². The zero-order valence-electron chi connectivity index (χ0n) is 21.3.